The van der Waals surface area contributed by atoms with E-state index in [-0.39, 0.29) is 34.5 Å². The van der Waals surface area contributed by atoms with Crippen LogP contribution in [0.15, 0.2) is 99.3 Å². The molecule has 13 heteroatoms. The first-order chi connectivity index (χ1) is 19.1. The fraction of sp³-hybridized carbons (Fsp3) is 0.0741. The van der Waals surface area contributed by atoms with Gasteiger partial charge in [-0.3, -0.25) is 9.59 Å². The van der Waals surface area contributed by atoms with Crippen LogP contribution in [0.25, 0.3) is 0 Å². The highest BCUT2D eigenvalue weighted by molar-refractivity contribution is 7.89. The highest BCUT2D eigenvalue weighted by Crippen LogP contribution is 2.25. The zero-order valence-corrected chi connectivity index (χ0v) is 23.6. The van der Waals surface area contributed by atoms with Gasteiger partial charge in [-0.15, -0.1) is 0 Å². The van der Waals surface area contributed by atoms with Crippen molar-refractivity contribution in [2.45, 2.75) is 18.0 Å². The number of hydrogen-bond donors (Lipinski definition) is 2. The first-order valence-corrected chi connectivity index (χ1v) is 14.2. The van der Waals surface area contributed by atoms with Gasteiger partial charge in [-0.05, 0) is 60.2 Å². The van der Waals surface area contributed by atoms with E-state index < -0.39 is 21.8 Å². The van der Waals surface area contributed by atoms with Gasteiger partial charge in [0.2, 0.25) is 10.0 Å². The number of nitrogens with zero attached hydrogens (tertiary/aromatic N) is 2. The molecule has 0 fully saturated rings. The molecule has 9 nitrogen and oxygen atoms in total. The quantitative estimate of drug-likeness (QED) is 0.141. The predicted molar refractivity (Wildman–Crippen MR) is 154 cm³/mol. The second-order valence-electron chi connectivity index (χ2n) is 8.30. The van der Waals surface area contributed by atoms with Crippen LogP contribution in [0.2, 0.25) is 15.1 Å². The van der Waals surface area contributed by atoms with Crippen LogP contribution in [-0.2, 0) is 32.7 Å². The molecule has 2 N–H and O–H groups in total. The fourth-order valence-electron chi connectivity index (χ4n) is 3.45. The number of benzene rings is 3. The Labute approximate surface area is 245 Å². The van der Waals surface area contributed by atoms with Crippen LogP contribution in [0.4, 0.5) is 5.69 Å². The lowest BCUT2D eigenvalue weighted by atomic mass is 10.2. The van der Waals surface area contributed by atoms with Crippen LogP contribution in [0.5, 0.6) is 0 Å². The number of rotatable bonds is 9. The Hall–Kier alpha value is -3.67. The van der Waals surface area contributed by atoms with Gasteiger partial charge in [-0.25, -0.2) is 13.8 Å². The molecule has 40 heavy (non-hydrogen) atoms. The van der Waals surface area contributed by atoms with Gasteiger partial charge in [0.25, 0.3) is 0 Å². The van der Waals surface area contributed by atoms with Crippen molar-refractivity contribution in [3.05, 3.63) is 117 Å². The molecule has 0 bridgehead atoms. The molecule has 0 aliphatic rings. The number of hydrogen-bond acceptors (Lipinski definition) is 6. The van der Waals surface area contributed by atoms with Crippen LogP contribution in [0.1, 0.15) is 17.1 Å². The number of amides is 2. The summed E-state index contributed by atoms with van der Waals surface area (Å²) in [5, 5.41) is 7.16. The van der Waals surface area contributed by atoms with E-state index >= 15 is 0 Å². The third-order valence-electron chi connectivity index (χ3n) is 5.41. The van der Waals surface area contributed by atoms with Crippen LogP contribution in [0, 0.1) is 0 Å². The Morgan fingerprint density at radius 1 is 0.850 bits per heavy atom. The molecule has 0 atom stereocenters. The summed E-state index contributed by atoms with van der Waals surface area (Å²) < 4.78 is 33.8. The summed E-state index contributed by atoms with van der Waals surface area (Å²) in [6.07, 6.45) is 1.18. The van der Waals surface area contributed by atoms with Crippen molar-refractivity contribution < 1.29 is 22.4 Å². The largest absolute Gasteiger partial charge is 0.459 e. The van der Waals surface area contributed by atoms with Gasteiger partial charge in [0.05, 0.1) is 27.7 Å². The maximum Gasteiger partial charge on any atom is 0.329 e. The van der Waals surface area contributed by atoms with E-state index in [4.69, 9.17) is 39.2 Å². The number of sulfonamides is 1. The van der Waals surface area contributed by atoms with E-state index in [1.165, 1.54) is 40.9 Å². The topological polar surface area (TPSA) is 121 Å². The summed E-state index contributed by atoms with van der Waals surface area (Å²) in [5.74, 6) is -1.45. The van der Waals surface area contributed by atoms with Gasteiger partial charge >= 0.3 is 11.8 Å². The molecule has 1 heterocycles. The summed E-state index contributed by atoms with van der Waals surface area (Å²) in [4.78, 5) is 24.3. The third kappa shape index (κ3) is 7.71. The highest BCUT2D eigenvalue weighted by atomic mass is 35.5. The van der Waals surface area contributed by atoms with Crippen LogP contribution < -0.4 is 10.7 Å². The van der Waals surface area contributed by atoms with E-state index in [0.29, 0.717) is 15.8 Å². The molecule has 3 aromatic carbocycles. The molecule has 1 aromatic heterocycles. The average molecular weight is 620 g/mol. The lowest BCUT2D eigenvalue weighted by Gasteiger charge is -2.21. The molecular weight excluding hydrogens is 599 g/mol. The molecule has 2 amide bonds. The molecule has 0 saturated carbocycles. The highest BCUT2D eigenvalue weighted by Gasteiger charge is 2.26. The van der Waals surface area contributed by atoms with Crippen molar-refractivity contribution in [2.75, 3.05) is 5.32 Å². The van der Waals surface area contributed by atoms with Gasteiger partial charge in [0.1, 0.15) is 11.5 Å². The predicted octanol–water partition coefficient (Wildman–Crippen LogP) is 5.72. The molecule has 0 radical (unpaired) electrons. The second kappa shape index (κ2) is 13.1. The minimum absolute atomic E-state index is 0.0719. The number of hydrazone groups is 1. The maximum atomic E-state index is 13.4. The Bertz CT molecular complexity index is 1640. The minimum Gasteiger partial charge on any atom is -0.459 e. The smallest absolute Gasteiger partial charge is 0.329 e. The Kier molecular flexibility index (Phi) is 9.62. The molecule has 0 aliphatic heterocycles. The third-order valence-corrected chi connectivity index (χ3v) is 8.21. The van der Waals surface area contributed by atoms with Crippen molar-refractivity contribution >= 4 is 68.5 Å². The lowest BCUT2D eigenvalue weighted by Crippen LogP contribution is -2.32. The zero-order valence-electron chi connectivity index (χ0n) is 20.6. The average Bonchev–Trinajstić information content (AvgIpc) is 3.39. The molecule has 0 unspecified atom stereocenters. The van der Waals surface area contributed by atoms with E-state index in [1.54, 1.807) is 54.6 Å². The summed E-state index contributed by atoms with van der Waals surface area (Å²) in [6.45, 7) is -0.00533. The second-order valence-corrected chi connectivity index (χ2v) is 11.5. The van der Waals surface area contributed by atoms with Crippen molar-refractivity contribution in [3.63, 3.8) is 0 Å². The summed E-state index contributed by atoms with van der Waals surface area (Å²) in [6, 6.07) is 22.4. The Balaban J connectivity index is 1.42. The summed E-state index contributed by atoms with van der Waals surface area (Å²) in [7, 11) is -3.88. The SMILES string of the molecule is O=C(N/N=C/c1ccc(CN(Cc2ccc(Cl)cc2)S(=O)(=O)c2ccccc2)o1)C(=O)Nc1ccc(Cl)c(Cl)c1. The van der Waals surface area contributed by atoms with Gasteiger partial charge in [0, 0.05) is 17.3 Å². The molecule has 0 saturated heterocycles. The van der Waals surface area contributed by atoms with Gasteiger partial charge in [0.15, 0.2) is 0 Å². The first kappa shape index (κ1) is 29.3. The van der Waals surface area contributed by atoms with Crippen molar-refractivity contribution in [2.24, 2.45) is 5.10 Å². The normalized spacial score (nSPS) is 11.6. The lowest BCUT2D eigenvalue weighted by molar-refractivity contribution is -0.136. The van der Waals surface area contributed by atoms with E-state index in [1.807, 2.05) is 0 Å². The fourth-order valence-corrected chi connectivity index (χ4v) is 5.29. The van der Waals surface area contributed by atoms with Gasteiger partial charge in [-0.2, -0.15) is 9.41 Å². The molecule has 0 spiro atoms. The molecule has 0 aliphatic carbocycles. The van der Waals surface area contributed by atoms with Gasteiger partial charge < -0.3 is 9.73 Å². The van der Waals surface area contributed by atoms with Crippen molar-refractivity contribution in [1.82, 2.24) is 9.73 Å². The van der Waals surface area contributed by atoms with Crippen LogP contribution >= 0.6 is 34.8 Å². The molecule has 206 valence electrons. The zero-order chi connectivity index (χ0) is 28.7. The number of nitrogens with one attached hydrogen (secondary N) is 2. The number of halogens is 3. The Morgan fingerprint density at radius 3 is 2.27 bits per heavy atom. The molecule has 4 rings (SSSR count). The molecular formula is C27H21Cl3N4O5S. The monoisotopic (exact) mass is 618 g/mol. The number of furan rings is 1. The van der Waals surface area contributed by atoms with Crippen LogP contribution in [0.3, 0.4) is 0 Å². The van der Waals surface area contributed by atoms with E-state index in [0.717, 1.165) is 5.56 Å². The number of carbonyl (C=O) groups excluding carboxylic acids is 2. The van der Waals surface area contributed by atoms with Crippen molar-refractivity contribution in [1.29, 1.82) is 0 Å². The summed E-state index contributed by atoms with van der Waals surface area (Å²) >= 11 is 17.7. The number of anilines is 1. The van der Waals surface area contributed by atoms with E-state index in [9.17, 15) is 18.0 Å². The van der Waals surface area contributed by atoms with E-state index in [2.05, 4.69) is 15.8 Å². The summed E-state index contributed by atoms with van der Waals surface area (Å²) in [5.41, 5.74) is 3.11. The van der Waals surface area contributed by atoms with Crippen LogP contribution in [-0.4, -0.2) is 30.8 Å². The van der Waals surface area contributed by atoms with Crippen molar-refractivity contribution in [3.8, 4) is 0 Å². The Morgan fingerprint density at radius 2 is 1.57 bits per heavy atom. The standard InChI is InChI=1S/C27H21Cl3N4O5S/c28-19-8-6-18(7-9-19)16-34(40(37,38)23-4-2-1-3-5-23)17-22-12-11-21(39-22)15-31-33-27(36)26(35)32-20-10-13-24(29)25(30)14-20/h1-15H,16-17H2,(H,32,35)(H,33,36)/b31-15+. The minimum atomic E-state index is -3.88. The first-order valence-electron chi connectivity index (χ1n) is 11.6. The number of carbonyl (C=O) groups is 2. The van der Waals surface area contributed by atoms with Gasteiger partial charge in [-0.1, -0.05) is 65.1 Å². The maximum absolute atomic E-state index is 13.4. The molecule has 4 aromatic rings.